The molecule has 16 heavy (non-hydrogen) atoms. The van der Waals surface area contributed by atoms with Crippen molar-refractivity contribution in [1.82, 2.24) is 30.5 Å². The first-order chi connectivity index (χ1) is 7.74. The van der Waals surface area contributed by atoms with Crippen LogP contribution >= 0.6 is 0 Å². The van der Waals surface area contributed by atoms with Crippen molar-refractivity contribution in [2.75, 3.05) is 0 Å². The van der Waals surface area contributed by atoms with Gasteiger partial charge in [0.1, 0.15) is 0 Å². The topological polar surface area (TPSA) is 68.5 Å². The summed E-state index contributed by atoms with van der Waals surface area (Å²) < 4.78 is 0. The molecule has 0 saturated carbocycles. The van der Waals surface area contributed by atoms with E-state index in [1.807, 2.05) is 25.1 Å². The molecule has 0 fully saturated rings. The molecule has 0 saturated heterocycles. The van der Waals surface area contributed by atoms with Crippen LogP contribution in [0.5, 0.6) is 0 Å². The van der Waals surface area contributed by atoms with Crippen LogP contribution in [0.3, 0.4) is 0 Å². The number of tetrazole rings is 1. The highest BCUT2D eigenvalue weighted by Crippen LogP contribution is 1.97. The summed E-state index contributed by atoms with van der Waals surface area (Å²) in [4.78, 5) is 5.83. The fraction of sp³-hybridized carbons (Fsp3) is 0.400. The SMILES string of the molecule is Cc1cccc(CNCc2nnn(C)n2)n1. The van der Waals surface area contributed by atoms with Crippen LogP contribution in [0.15, 0.2) is 18.2 Å². The third-order valence-corrected chi connectivity index (χ3v) is 2.08. The molecule has 0 unspecified atom stereocenters. The number of nitrogens with zero attached hydrogens (tertiary/aromatic N) is 5. The summed E-state index contributed by atoms with van der Waals surface area (Å²) in [6.45, 7) is 3.29. The summed E-state index contributed by atoms with van der Waals surface area (Å²) in [5.74, 6) is 0.690. The van der Waals surface area contributed by atoms with Crippen LogP contribution in [0.1, 0.15) is 17.2 Å². The Morgan fingerprint density at radius 1 is 1.31 bits per heavy atom. The highest BCUT2D eigenvalue weighted by molar-refractivity contribution is 5.09. The first kappa shape index (κ1) is 10.7. The van der Waals surface area contributed by atoms with Crippen molar-refractivity contribution in [2.45, 2.75) is 20.0 Å². The van der Waals surface area contributed by atoms with Crippen LogP contribution in [0, 0.1) is 6.92 Å². The second-order valence-corrected chi connectivity index (χ2v) is 3.57. The monoisotopic (exact) mass is 218 g/mol. The van der Waals surface area contributed by atoms with Crippen molar-refractivity contribution >= 4 is 0 Å². The molecule has 6 nitrogen and oxygen atoms in total. The maximum Gasteiger partial charge on any atom is 0.188 e. The molecule has 2 aromatic rings. The number of hydrogen-bond acceptors (Lipinski definition) is 5. The second kappa shape index (κ2) is 4.80. The van der Waals surface area contributed by atoms with E-state index in [-0.39, 0.29) is 0 Å². The van der Waals surface area contributed by atoms with E-state index >= 15 is 0 Å². The molecular weight excluding hydrogens is 204 g/mol. The summed E-state index contributed by atoms with van der Waals surface area (Å²) in [6, 6.07) is 5.97. The van der Waals surface area contributed by atoms with E-state index in [0.29, 0.717) is 18.9 Å². The van der Waals surface area contributed by atoms with Crippen molar-refractivity contribution in [2.24, 2.45) is 7.05 Å². The molecule has 2 heterocycles. The van der Waals surface area contributed by atoms with Gasteiger partial charge < -0.3 is 5.32 Å². The van der Waals surface area contributed by atoms with Gasteiger partial charge in [0.15, 0.2) is 5.82 Å². The van der Waals surface area contributed by atoms with Crippen LogP contribution in [-0.2, 0) is 20.1 Å². The van der Waals surface area contributed by atoms with Gasteiger partial charge in [-0.1, -0.05) is 6.07 Å². The first-order valence-corrected chi connectivity index (χ1v) is 5.10. The standard InChI is InChI=1S/C10H14N6/c1-8-4-3-5-9(12-8)6-11-7-10-13-15-16(2)14-10/h3-5,11H,6-7H2,1-2H3. The van der Waals surface area contributed by atoms with E-state index in [0.717, 1.165) is 11.4 Å². The number of nitrogens with one attached hydrogen (secondary N) is 1. The van der Waals surface area contributed by atoms with E-state index in [4.69, 9.17) is 0 Å². The van der Waals surface area contributed by atoms with Gasteiger partial charge >= 0.3 is 0 Å². The number of aromatic nitrogens is 5. The Hall–Kier alpha value is -1.82. The summed E-state index contributed by atoms with van der Waals surface area (Å²) >= 11 is 0. The van der Waals surface area contributed by atoms with Crippen LogP contribution in [0.2, 0.25) is 0 Å². The minimum absolute atomic E-state index is 0.601. The lowest BCUT2D eigenvalue weighted by molar-refractivity contribution is 0.617. The molecule has 2 aromatic heterocycles. The van der Waals surface area contributed by atoms with Gasteiger partial charge in [-0.3, -0.25) is 4.98 Å². The van der Waals surface area contributed by atoms with Crippen LogP contribution in [-0.4, -0.2) is 25.2 Å². The van der Waals surface area contributed by atoms with Gasteiger partial charge in [0.2, 0.25) is 0 Å². The molecule has 1 N–H and O–H groups in total. The summed E-state index contributed by atoms with van der Waals surface area (Å²) in [5, 5.41) is 14.9. The van der Waals surface area contributed by atoms with Crippen molar-refractivity contribution < 1.29 is 0 Å². The number of hydrogen-bond donors (Lipinski definition) is 1. The van der Waals surface area contributed by atoms with E-state index in [1.54, 1.807) is 7.05 Å². The third-order valence-electron chi connectivity index (χ3n) is 2.08. The summed E-state index contributed by atoms with van der Waals surface area (Å²) in [5.41, 5.74) is 2.04. The van der Waals surface area contributed by atoms with E-state index < -0.39 is 0 Å². The summed E-state index contributed by atoms with van der Waals surface area (Å²) in [7, 11) is 1.75. The van der Waals surface area contributed by atoms with Crippen LogP contribution in [0.4, 0.5) is 0 Å². The lowest BCUT2D eigenvalue weighted by Crippen LogP contribution is -2.15. The Labute approximate surface area is 93.7 Å². The van der Waals surface area contributed by atoms with Gasteiger partial charge in [-0.25, -0.2) is 0 Å². The molecule has 84 valence electrons. The second-order valence-electron chi connectivity index (χ2n) is 3.57. The Bertz CT molecular complexity index is 464. The smallest absolute Gasteiger partial charge is 0.188 e. The molecule has 0 aliphatic heterocycles. The van der Waals surface area contributed by atoms with Gasteiger partial charge in [0.25, 0.3) is 0 Å². The fourth-order valence-corrected chi connectivity index (χ4v) is 1.39. The van der Waals surface area contributed by atoms with E-state index in [9.17, 15) is 0 Å². The third kappa shape index (κ3) is 2.83. The largest absolute Gasteiger partial charge is 0.304 e. The van der Waals surface area contributed by atoms with Crippen LogP contribution in [0.25, 0.3) is 0 Å². The predicted octanol–water partition coefficient (Wildman–Crippen LogP) is 0.203. The molecule has 0 bridgehead atoms. The average molecular weight is 218 g/mol. The summed E-state index contributed by atoms with van der Waals surface area (Å²) in [6.07, 6.45) is 0. The zero-order chi connectivity index (χ0) is 11.4. The zero-order valence-electron chi connectivity index (χ0n) is 9.38. The van der Waals surface area contributed by atoms with Crippen LogP contribution < -0.4 is 5.32 Å². The number of aryl methyl sites for hydroxylation is 2. The van der Waals surface area contributed by atoms with Gasteiger partial charge in [0.05, 0.1) is 19.3 Å². The van der Waals surface area contributed by atoms with Crippen molar-refractivity contribution in [3.8, 4) is 0 Å². The molecule has 0 radical (unpaired) electrons. The molecule has 0 aliphatic carbocycles. The Morgan fingerprint density at radius 2 is 2.19 bits per heavy atom. The molecule has 0 atom stereocenters. The Balaban J connectivity index is 1.84. The molecular formula is C10H14N6. The van der Waals surface area contributed by atoms with E-state index in [2.05, 4.69) is 25.7 Å². The Morgan fingerprint density at radius 3 is 2.88 bits per heavy atom. The van der Waals surface area contributed by atoms with E-state index in [1.165, 1.54) is 4.80 Å². The number of rotatable bonds is 4. The minimum atomic E-state index is 0.601. The average Bonchev–Trinajstić information content (AvgIpc) is 2.64. The van der Waals surface area contributed by atoms with Gasteiger partial charge in [-0.2, -0.15) is 4.80 Å². The Kier molecular flexibility index (Phi) is 3.21. The zero-order valence-corrected chi connectivity index (χ0v) is 9.38. The molecule has 0 aliphatic rings. The molecule has 0 aromatic carbocycles. The number of pyridine rings is 1. The molecule has 6 heteroatoms. The fourth-order valence-electron chi connectivity index (χ4n) is 1.39. The predicted molar refractivity (Wildman–Crippen MR) is 58.3 cm³/mol. The highest BCUT2D eigenvalue weighted by Gasteiger charge is 2.00. The maximum absolute atomic E-state index is 4.39. The minimum Gasteiger partial charge on any atom is -0.304 e. The lowest BCUT2D eigenvalue weighted by atomic mass is 10.3. The van der Waals surface area contributed by atoms with Gasteiger partial charge in [-0.05, 0) is 24.3 Å². The van der Waals surface area contributed by atoms with Gasteiger partial charge in [0, 0.05) is 12.2 Å². The van der Waals surface area contributed by atoms with Gasteiger partial charge in [-0.15, -0.1) is 10.2 Å². The molecule has 0 spiro atoms. The lowest BCUT2D eigenvalue weighted by Gasteiger charge is -2.02. The molecule has 2 rings (SSSR count). The normalized spacial score (nSPS) is 10.6. The van der Waals surface area contributed by atoms with Crippen molar-refractivity contribution in [3.05, 3.63) is 35.4 Å². The van der Waals surface area contributed by atoms with Crippen molar-refractivity contribution in [3.63, 3.8) is 0 Å². The highest BCUT2D eigenvalue weighted by atomic mass is 15.6. The first-order valence-electron chi connectivity index (χ1n) is 5.10. The quantitative estimate of drug-likeness (QED) is 0.794. The molecule has 0 amide bonds. The maximum atomic E-state index is 4.39. The van der Waals surface area contributed by atoms with Crippen molar-refractivity contribution in [1.29, 1.82) is 0 Å².